The maximum Gasteiger partial charge on any atom is 0.282 e. The van der Waals surface area contributed by atoms with Gasteiger partial charge >= 0.3 is 0 Å². The smallest absolute Gasteiger partial charge is 0.282 e. The molecule has 1 fully saturated rings. The van der Waals surface area contributed by atoms with Gasteiger partial charge in [-0.2, -0.15) is 0 Å². The number of benzene rings is 3. The van der Waals surface area contributed by atoms with Gasteiger partial charge in [-0.15, -0.1) is 0 Å². The number of carbonyl (C=O) groups excluding carboxylic acids is 2. The van der Waals surface area contributed by atoms with E-state index in [4.69, 9.17) is 37.4 Å². The van der Waals surface area contributed by atoms with Crippen molar-refractivity contribution in [3.8, 4) is 17.2 Å². The summed E-state index contributed by atoms with van der Waals surface area (Å²) in [5, 5.41) is 2.14. The van der Waals surface area contributed by atoms with Crippen LogP contribution in [0.25, 0.3) is 6.08 Å². The number of ether oxygens (including phenoxy) is 3. The molecule has 0 bridgehead atoms. The molecule has 3 aromatic rings. The van der Waals surface area contributed by atoms with E-state index < -0.39 is 11.8 Å². The Morgan fingerprint density at radius 3 is 2.37 bits per heavy atom. The lowest BCUT2D eigenvalue weighted by Gasteiger charge is -2.14. The zero-order chi connectivity index (χ0) is 24.8. The van der Waals surface area contributed by atoms with E-state index in [1.807, 2.05) is 6.07 Å². The van der Waals surface area contributed by atoms with Gasteiger partial charge in [0.2, 0.25) is 0 Å². The number of para-hydroxylation sites is 1. The minimum atomic E-state index is -0.505. The van der Waals surface area contributed by atoms with Crippen LogP contribution in [0.2, 0.25) is 10.0 Å². The van der Waals surface area contributed by atoms with Gasteiger partial charge in [-0.1, -0.05) is 41.4 Å². The van der Waals surface area contributed by atoms with Crippen molar-refractivity contribution in [1.82, 2.24) is 5.43 Å². The number of nitrogens with one attached hydrogen (secondary N) is 1. The van der Waals surface area contributed by atoms with Crippen molar-refractivity contribution < 1.29 is 23.8 Å². The molecule has 0 saturated carbocycles. The van der Waals surface area contributed by atoms with Gasteiger partial charge < -0.3 is 14.2 Å². The molecule has 1 heterocycles. The molecule has 1 aliphatic rings. The predicted octanol–water partition coefficient (Wildman–Crippen LogP) is 5.31. The summed E-state index contributed by atoms with van der Waals surface area (Å²) in [5.74, 6) is 0.510. The number of hydrazine groups is 1. The predicted molar refractivity (Wildman–Crippen MR) is 135 cm³/mol. The number of nitrogens with zero attached hydrogens (tertiary/aromatic N) is 1. The van der Waals surface area contributed by atoms with Crippen LogP contribution >= 0.6 is 23.2 Å². The first-order chi connectivity index (χ1) is 17.0. The largest absolute Gasteiger partial charge is 0.493 e. The van der Waals surface area contributed by atoms with Gasteiger partial charge in [0.1, 0.15) is 11.3 Å². The number of hydrogen-bond acceptors (Lipinski definition) is 5. The second-order valence-electron chi connectivity index (χ2n) is 7.51. The molecule has 1 aliphatic heterocycles. The molecule has 1 saturated heterocycles. The van der Waals surface area contributed by atoms with Crippen molar-refractivity contribution in [1.29, 1.82) is 0 Å². The molecular formula is C26H22Cl2N2O5. The Hall–Kier alpha value is -3.68. The zero-order valence-corrected chi connectivity index (χ0v) is 20.3. The highest BCUT2D eigenvalue weighted by atomic mass is 35.5. The Morgan fingerprint density at radius 2 is 1.66 bits per heavy atom. The molecule has 3 aromatic carbocycles. The lowest BCUT2D eigenvalue weighted by atomic mass is 10.1. The highest BCUT2D eigenvalue weighted by Gasteiger charge is 2.34. The molecule has 1 N–H and O–H groups in total. The highest BCUT2D eigenvalue weighted by Crippen LogP contribution is 2.37. The Balaban J connectivity index is 1.41. The Labute approximate surface area is 212 Å². The van der Waals surface area contributed by atoms with Crippen LogP contribution in [-0.4, -0.2) is 32.1 Å². The van der Waals surface area contributed by atoms with E-state index >= 15 is 0 Å². The average molecular weight is 513 g/mol. The number of methoxy groups -OCH3 is 1. The van der Waals surface area contributed by atoms with Crippen LogP contribution in [0.5, 0.6) is 17.2 Å². The van der Waals surface area contributed by atoms with Crippen molar-refractivity contribution in [2.24, 2.45) is 0 Å². The second kappa shape index (κ2) is 11.2. The molecule has 0 aromatic heterocycles. The molecule has 0 aliphatic carbocycles. The Kier molecular flexibility index (Phi) is 7.80. The fourth-order valence-electron chi connectivity index (χ4n) is 3.40. The minimum Gasteiger partial charge on any atom is -0.493 e. The van der Waals surface area contributed by atoms with Crippen molar-refractivity contribution in [3.05, 3.63) is 87.9 Å². The van der Waals surface area contributed by atoms with E-state index in [-0.39, 0.29) is 5.57 Å². The fourth-order valence-corrected chi connectivity index (χ4v) is 3.80. The van der Waals surface area contributed by atoms with Crippen LogP contribution in [0.1, 0.15) is 12.0 Å². The number of halogens is 2. The minimum absolute atomic E-state index is 0.0139. The van der Waals surface area contributed by atoms with Crippen LogP contribution < -0.4 is 24.6 Å². The van der Waals surface area contributed by atoms with E-state index in [1.165, 1.54) is 18.2 Å². The average Bonchev–Trinajstić information content (AvgIpc) is 3.14. The molecule has 0 atom stereocenters. The van der Waals surface area contributed by atoms with Crippen LogP contribution in [0, 0.1) is 0 Å². The molecule has 7 nitrogen and oxygen atoms in total. The first kappa shape index (κ1) is 24.4. The topological polar surface area (TPSA) is 77.1 Å². The molecule has 0 unspecified atom stereocenters. The maximum absolute atomic E-state index is 12.8. The lowest BCUT2D eigenvalue weighted by molar-refractivity contribution is -0.117. The summed E-state index contributed by atoms with van der Waals surface area (Å²) in [5.41, 5.74) is 3.64. The van der Waals surface area contributed by atoms with Crippen LogP contribution in [0.15, 0.2) is 72.3 Å². The Bertz CT molecular complexity index is 1250. The van der Waals surface area contributed by atoms with E-state index in [9.17, 15) is 9.59 Å². The molecule has 35 heavy (non-hydrogen) atoms. The number of amides is 2. The molecule has 0 radical (unpaired) electrons. The van der Waals surface area contributed by atoms with Gasteiger partial charge in [0.15, 0.2) is 11.5 Å². The van der Waals surface area contributed by atoms with Crippen molar-refractivity contribution >= 4 is 46.8 Å². The summed E-state index contributed by atoms with van der Waals surface area (Å²) in [6.07, 6.45) is 2.08. The Morgan fingerprint density at radius 1 is 0.943 bits per heavy atom. The third-order valence-electron chi connectivity index (χ3n) is 5.09. The number of hydrogen-bond donors (Lipinski definition) is 1. The first-order valence-electron chi connectivity index (χ1n) is 10.8. The fraction of sp³-hybridized carbons (Fsp3) is 0.154. The maximum atomic E-state index is 12.8. The molecule has 2 amide bonds. The summed E-state index contributed by atoms with van der Waals surface area (Å²) < 4.78 is 16.9. The van der Waals surface area contributed by atoms with Crippen LogP contribution in [-0.2, 0) is 9.59 Å². The van der Waals surface area contributed by atoms with Crippen molar-refractivity contribution in [2.45, 2.75) is 6.42 Å². The summed E-state index contributed by atoms with van der Waals surface area (Å²) in [7, 11) is 1.49. The first-order valence-corrected chi connectivity index (χ1v) is 11.5. The number of anilines is 1. The molecule has 180 valence electrons. The standard InChI is InChI=1S/C26H22Cl2N2O5/c1-33-23-16-17(14-21-25(31)29-30(26(21)32)19-6-3-2-4-7-19)15-22(28)24(23)35-13-5-12-34-20-10-8-18(27)9-11-20/h2-4,6-11,14-16H,5,12-13H2,1H3,(H,29,31)/b21-14-. The SMILES string of the molecule is COc1cc(/C=C2/C(=O)NN(c3ccccc3)C2=O)cc(Cl)c1OCCCOc1ccc(Cl)cc1. The van der Waals surface area contributed by atoms with Crippen LogP contribution in [0.3, 0.4) is 0 Å². The normalized spacial score (nSPS) is 14.3. The van der Waals surface area contributed by atoms with Crippen molar-refractivity contribution in [3.63, 3.8) is 0 Å². The van der Waals surface area contributed by atoms with Crippen LogP contribution in [0.4, 0.5) is 5.69 Å². The van der Waals surface area contributed by atoms with E-state index in [2.05, 4.69) is 5.43 Å². The summed E-state index contributed by atoms with van der Waals surface area (Å²) >= 11 is 12.3. The number of rotatable bonds is 9. The molecule has 9 heteroatoms. The quantitative estimate of drug-likeness (QED) is 0.238. The van der Waals surface area contributed by atoms with Crippen molar-refractivity contribution in [2.75, 3.05) is 25.3 Å². The molecular weight excluding hydrogens is 491 g/mol. The molecule has 4 rings (SSSR count). The van der Waals surface area contributed by atoms with Gasteiger partial charge in [0.05, 0.1) is 31.0 Å². The third-order valence-corrected chi connectivity index (χ3v) is 5.62. The summed E-state index contributed by atoms with van der Waals surface area (Å²) in [6.45, 7) is 0.790. The monoisotopic (exact) mass is 512 g/mol. The lowest BCUT2D eigenvalue weighted by Crippen LogP contribution is -2.35. The van der Waals surface area contributed by atoms with Gasteiger partial charge in [-0.25, -0.2) is 5.01 Å². The van der Waals surface area contributed by atoms with Gasteiger partial charge in [0, 0.05) is 11.4 Å². The van der Waals surface area contributed by atoms with E-state index in [0.29, 0.717) is 52.4 Å². The van der Waals surface area contributed by atoms with Gasteiger partial charge in [-0.05, 0) is 60.2 Å². The van der Waals surface area contributed by atoms with E-state index in [1.54, 1.807) is 60.7 Å². The summed E-state index contributed by atoms with van der Waals surface area (Å²) in [4.78, 5) is 25.3. The zero-order valence-electron chi connectivity index (χ0n) is 18.8. The second-order valence-corrected chi connectivity index (χ2v) is 8.36. The van der Waals surface area contributed by atoms with E-state index in [0.717, 1.165) is 5.75 Å². The molecule has 0 spiro atoms. The number of carbonyl (C=O) groups is 2. The highest BCUT2D eigenvalue weighted by molar-refractivity contribution is 6.33. The summed E-state index contributed by atoms with van der Waals surface area (Å²) in [6, 6.07) is 19.2. The van der Waals surface area contributed by atoms with Gasteiger partial charge in [-0.3, -0.25) is 15.0 Å². The van der Waals surface area contributed by atoms with Gasteiger partial charge in [0.25, 0.3) is 11.8 Å². The third kappa shape index (κ3) is 5.88.